The Balaban J connectivity index is 2.16. The molecule has 2 heterocycles. The molecule has 1 saturated heterocycles. The summed E-state index contributed by atoms with van der Waals surface area (Å²) in [7, 11) is 0. The van der Waals surface area contributed by atoms with Crippen molar-refractivity contribution in [3.05, 3.63) is 22.3 Å². The Kier molecular flexibility index (Phi) is 3.50. The van der Waals surface area contributed by atoms with Gasteiger partial charge in [-0.15, -0.1) is 0 Å². The Labute approximate surface area is 105 Å². The first-order valence-electron chi connectivity index (χ1n) is 5.71. The summed E-state index contributed by atoms with van der Waals surface area (Å²) in [6.07, 6.45) is 4.12. The summed E-state index contributed by atoms with van der Waals surface area (Å²) in [5, 5.41) is 6.95. The van der Waals surface area contributed by atoms with Crippen molar-refractivity contribution in [3.8, 4) is 0 Å². The monoisotopic (exact) mass is 283 g/mol. The Morgan fingerprint density at radius 1 is 1.44 bits per heavy atom. The second-order valence-corrected chi connectivity index (χ2v) is 5.52. The van der Waals surface area contributed by atoms with E-state index in [4.69, 9.17) is 0 Å². The Morgan fingerprint density at radius 2 is 2.12 bits per heavy atom. The van der Waals surface area contributed by atoms with E-state index in [1.54, 1.807) is 0 Å². The van der Waals surface area contributed by atoms with Gasteiger partial charge in [-0.3, -0.25) is 0 Å². The lowest BCUT2D eigenvalue weighted by Crippen LogP contribution is -2.45. The molecular weight excluding hydrogens is 266 g/mol. The Hall–Kier alpha value is -0.610. The van der Waals surface area contributed by atoms with E-state index in [9.17, 15) is 0 Å². The third kappa shape index (κ3) is 2.55. The summed E-state index contributed by atoms with van der Waals surface area (Å²) in [4.78, 5) is 4.40. The van der Waals surface area contributed by atoms with Crippen molar-refractivity contribution in [2.24, 2.45) is 0 Å². The SMILES string of the molecule is Cc1ccnc(NC2(C)CCNCC2)c1Br. The molecule has 0 aliphatic carbocycles. The van der Waals surface area contributed by atoms with E-state index in [1.165, 1.54) is 5.56 Å². The molecule has 1 fully saturated rings. The van der Waals surface area contributed by atoms with Gasteiger partial charge in [0, 0.05) is 11.7 Å². The number of nitrogens with one attached hydrogen (secondary N) is 2. The van der Waals surface area contributed by atoms with Crippen molar-refractivity contribution in [1.82, 2.24) is 10.3 Å². The third-order valence-corrected chi connectivity index (χ3v) is 4.21. The number of hydrogen-bond donors (Lipinski definition) is 2. The first kappa shape index (κ1) is 11.9. The van der Waals surface area contributed by atoms with Crippen LogP contribution in [0, 0.1) is 6.92 Å². The molecule has 4 heteroatoms. The summed E-state index contributed by atoms with van der Waals surface area (Å²) in [6.45, 7) is 6.51. The Morgan fingerprint density at radius 3 is 2.81 bits per heavy atom. The molecule has 2 rings (SSSR count). The topological polar surface area (TPSA) is 37.0 Å². The maximum Gasteiger partial charge on any atom is 0.140 e. The standard InChI is InChI=1S/C12H18BrN3/c1-9-3-6-15-11(10(9)13)16-12(2)4-7-14-8-5-12/h3,6,14H,4-5,7-8H2,1-2H3,(H,15,16). The van der Waals surface area contributed by atoms with E-state index in [1.807, 2.05) is 12.3 Å². The van der Waals surface area contributed by atoms with Gasteiger partial charge in [0.2, 0.25) is 0 Å². The van der Waals surface area contributed by atoms with Crippen molar-refractivity contribution >= 4 is 21.7 Å². The smallest absolute Gasteiger partial charge is 0.140 e. The molecule has 3 nitrogen and oxygen atoms in total. The molecule has 0 radical (unpaired) electrons. The lowest BCUT2D eigenvalue weighted by Gasteiger charge is -2.35. The molecule has 0 amide bonds. The van der Waals surface area contributed by atoms with E-state index in [2.05, 4.69) is 45.4 Å². The molecule has 1 aromatic rings. The first-order valence-corrected chi connectivity index (χ1v) is 6.50. The average Bonchev–Trinajstić information content (AvgIpc) is 2.26. The number of nitrogens with zero attached hydrogens (tertiary/aromatic N) is 1. The van der Waals surface area contributed by atoms with Crippen LogP contribution in [-0.2, 0) is 0 Å². The van der Waals surface area contributed by atoms with Crippen LogP contribution in [0.2, 0.25) is 0 Å². The van der Waals surface area contributed by atoms with Crippen LogP contribution in [0.4, 0.5) is 5.82 Å². The van der Waals surface area contributed by atoms with Crippen LogP contribution < -0.4 is 10.6 Å². The largest absolute Gasteiger partial charge is 0.364 e. The highest BCUT2D eigenvalue weighted by Gasteiger charge is 2.27. The van der Waals surface area contributed by atoms with Crippen LogP contribution in [0.15, 0.2) is 16.7 Å². The number of rotatable bonds is 2. The van der Waals surface area contributed by atoms with Gasteiger partial charge in [-0.1, -0.05) is 0 Å². The summed E-state index contributed by atoms with van der Waals surface area (Å²) in [5.74, 6) is 0.962. The lowest BCUT2D eigenvalue weighted by atomic mass is 9.90. The second-order valence-electron chi connectivity index (χ2n) is 4.73. The van der Waals surface area contributed by atoms with Crippen LogP contribution in [-0.4, -0.2) is 23.6 Å². The zero-order chi connectivity index (χ0) is 11.6. The molecule has 1 aliphatic heterocycles. The quantitative estimate of drug-likeness (QED) is 0.876. The van der Waals surface area contributed by atoms with Crippen LogP contribution in [0.25, 0.3) is 0 Å². The number of anilines is 1. The highest BCUT2D eigenvalue weighted by molar-refractivity contribution is 9.10. The van der Waals surface area contributed by atoms with Gasteiger partial charge in [0.1, 0.15) is 5.82 Å². The molecule has 1 aromatic heterocycles. The summed E-state index contributed by atoms with van der Waals surface area (Å²) in [5.41, 5.74) is 1.38. The molecular formula is C12H18BrN3. The van der Waals surface area contributed by atoms with Gasteiger partial charge in [-0.25, -0.2) is 4.98 Å². The number of hydrogen-bond acceptors (Lipinski definition) is 3. The van der Waals surface area contributed by atoms with Gasteiger partial charge in [0.25, 0.3) is 0 Å². The minimum absolute atomic E-state index is 0.161. The van der Waals surface area contributed by atoms with Gasteiger partial charge in [0.05, 0.1) is 4.47 Å². The van der Waals surface area contributed by atoms with E-state index >= 15 is 0 Å². The fourth-order valence-electron chi connectivity index (χ4n) is 2.02. The molecule has 0 aromatic carbocycles. The molecule has 88 valence electrons. The van der Waals surface area contributed by atoms with Gasteiger partial charge in [-0.05, 0) is 67.3 Å². The zero-order valence-corrected chi connectivity index (χ0v) is 11.4. The molecule has 0 atom stereocenters. The fourth-order valence-corrected chi connectivity index (χ4v) is 2.35. The number of aryl methyl sites for hydroxylation is 1. The van der Waals surface area contributed by atoms with Crippen molar-refractivity contribution in [1.29, 1.82) is 0 Å². The van der Waals surface area contributed by atoms with Gasteiger partial charge in [-0.2, -0.15) is 0 Å². The predicted molar refractivity (Wildman–Crippen MR) is 70.8 cm³/mol. The molecule has 2 N–H and O–H groups in total. The van der Waals surface area contributed by atoms with Crippen molar-refractivity contribution in [2.75, 3.05) is 18.4 Å². The third-order valence-electron chi connectivity index (χ3n) is 3.21. The van der Waals surface area contributed by atoms with E-state index in [0.29, 0.717) is 0 Å². The molecule has 0 bridgehead atoms. The zero-order valence-electron chi connectivity index (χ0n) is 9.81. The molecule has 1 aliphatic rings. The number of pyridine rings is 1. The summed E-state index contributed by atoms with van der Waals surface area (Å²) >= 11 is 3.59. The Bertz CT molecular complexity index is 373. The maximum atomic E-state index is 4.40. The summed E-state index contributed by atoms with van der Waals surface area (Å²) < 4.78 is 1.08. The highest BCUT2D eigenvalue weighted by atomic mass is 79.9. The van der Waals surface area contributed by atoms with Crippen molar-refractivity contribution in [2.45, 2.75) is 32.2 Å². The molecule has 0 unspecified atom stereocenters. The van der Waals surface area contributed by atoms with Gasteiger partial charge < -0.3 is 10.6 Å². The van der Waals surface area contributed by atoms with Gasteiger partial charge >= 0.3 is 0 Å². The van der Waals surface area contributed by atoms with Gasteiger partial charge in [0.15, 0.2) is 0 Å². The minimum atomic E-state index is 0.161. The van der Waals surface area contributed by atoms with Crippen molar-refractivity contribution < 1.29 is 0 Å². The average molecular weight is 284 g/mol. The lowest BCUT2D eigenvalue weighted by molar-refractivity contribution is 0.364. The predicted octanol–water partition coefficient (Wildman–Crippen LogP) is 2.71. The fraction of sp³-hybridized carbons (Fsp3) is 0.583. The minimum Gasteiger partial charge on any atom is -0.364 e. The van der Waals surface area contributed by atoms with E-state index in [-0.39, 0.29) is 5.54 Å². The van der Waals surface area contributed by atoms with E-state index < -0.39 is 0 Å². The summed E-state index contributed by atoms with van der Waals surface area (Å²) in [6, 6.07) is 2.01. The van der Waals surface area contributed by atoms with Crippen LogP contribution in [0.1, 0.15) is 25.3 Å². The van der Waals surface area contributed by atoms with Crippen LogP contribution in [0.3, 0.4) is 0 Å². The van der Waals surface area contributed by atoms with E-state index in [0.717, 1.165) is 36.2 Å². The second kappa shape index (κ2) is 4.72. The normalized spacial score (nSPS) is 19.4. The number of piperidine rings is 1. The number of aromatic nitrogens is 1. The highest BCUT2D eigenvalue weighted by Crippen LogP contribution is 2.29. The van der Waals surface area contributed by atoms with Crippen LogP contribution in [0.5, 0.6) is 0 Å². The number of halogens is 1. The first-order chi connectivity index (χ1) is 7.61. The maximum absolute atomic E-state index is 4.40. The van der Waals surface area contributed by atoms with Crippen LogP contribution >= 0.6 is 15.9 Å². The molecule has 0 spiro atoms. The van der Waals surface area contributed by atoms with Crippen molar-refractivity contribution in [3.63, 3.8) is 0 Å². The molecule has 0 saturated carbocycles. The molecule has 16 heavy (non-hydrogen) atoms.